The van der Waals surface area contributed by atoms with Crippen LogP contribution in [-0.4, -0.2) is 30.6 Å². The molecular weight excluding hydrogens is 251 g/mol. The van der Waals surface area contributed by atoms with E-state index in [2.05, 4.69) is 10.2 Å². The molecule has 0 radical (unpaired) electrons. The van der Waals surface area contributed by atoms with Gasteiger partial charge in [0.25, 0.3) is 0 Å². The summed E-state index contributed by atoms with van der Waals surface area (Å²) in [5, 5.41) is 3.55. The molecule has 2 heterocycles. The van der Waals surface area contributed by atoms with Crippen molar-refractivity contribution in [1.82, 2.24) is 10.2 Å². The van der Waals surface area contributed by atoms with Crippen LogP contribution < -0.4 is 5.32 Å². The first-order valence-corrected chi connectivity index (χ1v) is 6.52. The average molecular weight is 271 g/mol. The molecule has 2 unspecified atom stereocenters. The summed E-state index contributed by atoms with van der Waals surface area (Å²) >= 11 is 0. The molecule has 1 aromatic carbocycles. The molecule has 100 valence electrons. The Morgan fingerprint density at radius 3 is 2.94 bits per heavy atom. The third-order valence-corrected chi connectivity index (χ3v) is 4.09. The van der Waals surface area contributed by atoms with Crippen molar-refractivity contribution in [2.45, 2.75) is 25.4 Å². The summed E-state index contributed by atoms with van der Waals surface area (Å²) in [7, 11) is 0. The zero-order chi connectivity index (χ0) is 11.7. The number of rotatable bonds is 2. The predicted octanol–water partition coefficient (Wildman–Crippen LogP) is 2.43. The number of fused-ring (bicyclic) bond motifs is 1. The van der Waals surface area contributed by atoms with E-state index in [0.717, 1.165) is 37.7 Å². The van der Waals surface area contributed by atoms with Gasteiger partial charge >= 0.3 is 0 Å². The van der Waals surface area contributed by atoms with E-state index in [1.807, 2.05) is 12.1 Å². The van der Waals surface area contributed by atoms with Gasteiger partial charge < -0.3 is 5.32 Å². The van der Waals surface area contributed by atoms with Crippen molar-refractivity contribution in [3.8, 4) is 0 Å². The monoisotopic (exact) mass is 270 g/mol. The Morgan fingerprint density at radius 2 is 2.11 bits per heavy atom. The Balaban J connectivity index is 0.00000120. The second-order valence-corrected chi connectivity index (χ2v) is 5.22. The summed E-state index contributed by atoms with van der Waals surface area (Å²) in [4.78, 5) is 2.40. The first-order chi connectivity index (χ1) is 8.33. The highest BCUT2D eigenvalue weighted by atomic mass is 35.5. The summed E-state index contributed by atoms with van der Waals surface area (Å²) in [5.74, 6) is 0.703. The molecule has 2 atom stereocenters. The second-order valence-electron chi connectivity index (χ2n) is 5.22. The topological polar surface area (TPSA) is 15.3 Å². The van der Waals surface area contributed by atoms with Crippen LogP contribution in [0.25, 0.3) is 0 Å². The normalized spacial score (nSPS) is 27.6. The van der Waals surface area contributed by atoms with Gasteiger partial charge in [0.2, 0.25) is 0 Å². The summed E-state index contributed by atoms with van der Waals surface area (Å²) in [6, 6.07) is 7.84. The molecule has 2 aliphatic heterocycles. The highest BCUT2D eigenvalue weighted by Gasteiger charge is 2.32. The average Bonchev–Trinajstić information content (AvgIpc) is 2.79. The number of nitrogens with zero attached hydrogens (tertiary/aromatic N) is 1. The Kier molecular flexibility index (Phi) is 4.60. The summed E-state index contributed by atoms with van der Waals surface area (Å²) in [6.07, 6.45) is 2.48. The van der Waals surface area contributed by atoms with Gasteiger partial charge in [-0.2, -0.15) is 0 Å². The standard InChI is InChI=1S/C14H19FN2.ClH/c15-13-4-2-1-3-11(13)9-17-8-6-14-12(10-17)5-7-16-14;/h1-4,12,14,16H,5-10H2;1H. The molecule has 3 rings (SSSR count). The van der Waals surface area contributed by atoms with Crippen molar-refractivity contribution in [1.29, 1.82) is 0 Å². The van der Waals surface area contributed by atoms with Crippen LogP contribution >= 0.6 is 12.4 Å². The Hall–Kier alpha value is -0.640. The predicted molar refractivity (Wildman–Crippen MR) is 73.4 cm³/mol. The molecule has 2 saturated heterocycles. The van der Waals surface area contributed by atoms with Crippen LogP contribution in [-0.2, 0) is 6.54 Å². The lowest BCUT2D eigenvalue weighted by atomic mass is 9.93. The first-order valence-electron chi connectivity index (χ1n) is 6.52. The molecule has 2 fully saturated rings. The summed E-state index contributed by atoms with van der Waals surface area (Å²) in [5.41, 5.74) is 0.830. The highest BCUT2D eigenvalue weighted by molar-refractivity contribution is 5.85. The van der Waals surface area contributed by atoms with E-state index in [1.165, 1.54) is 12.8 Å². The van der Waals surface area contributed by atoms with E-state index in [1.54, 1.807) is 12.1 Å². The zero-order valence-corrected chi connectivity index (χ0v) is 11.3. The Labute approximate surface area is 114 Å². The van der Waals surface area contributed by atoms with Gasteiger partial charge in [-0.25, -0.2) is 4.39 Å². The number of hydrogen-bond acceptors (Lipinski definition) is 2. The molecule has 0 spiro atoms. The van der Waals surface area contributed by atoms with Gasteiger partial charge in [0, 0.05) is 24.7 Å². The van der Waals surface area contributed by atoms with Crippen LogP contribution in [0.4, 0.5) is 4.39 Å². The van der Waals surface area contributed by atoms with Gasteiger partial charge in [0.1, 0.15) is 5.82 Å². The van der Waals surface area contributed by atoms with Gasteiger partial charge in [-0.3, -0.25) is 4.90 Å². The molecule has 18 heavy (non-hydrogen) atoms. The molecular formula is C14H20ClFN2. The lowest BCUT2D eigenvalue weighted by Crippen LogP contribution is -2.44. The van der Waals surface area contributed by atoms with Crippen LogP contribution in [0.15, 0.2) is 24.3 Å². The molecule has 1 aromatic rings. The summed E-state index contributed by atoms with van der Waals surface area (Å²) < 4.78 is 13.6. The maximum atomic E-state index is 13.6. The van der Waals surface area contributed by atoms with Gasteiger partial charge in [0.05, 0.1) is 0 Å². The number of benzene rings is 1. The van der Waals surface area contributed by atoms with Crippen LogP contribution in [0, 0.1) is 11.7 Å². The molecule has 0 saturated carbocycles. The number of piperidine rings is 1. The van der Waals surface area contributed by atoms with Crippen LogP contribution in [0.2, 0.25) is 0 Å². The first kappa shape index (κ1) is 13.8. The fraction of sp³-hybridized carbons (Fsp3) is 0.571. The number of halogens is 2. The maximum Gasteiger partial charge on any atom is 0.127 e. The number of hydrogen-bond donors (Lipinski definition) is 1. The minimum atomic E-state index is -0.0702. The molecule has 0 aromatic heterocycles. The fourth-order valence-corrected chi connectivity index (χ4v) is 3.13. The zero-order valence-electron chi connectivity index (χ0n) is 10.4. The van der Waals surface area contributed by atoms with Gasteiger partial charge in [-0.15, -0.1) is 12.4 Å². The summed E-state index contributed by atoms with van der Waals surface area (Å²) in [6.45, 7) is 4.12. The smallest absolute Gasteiger partial charge is 0.127 e. The van der Waals surface area contributed by atoms with Crippen LogP contribution in [0.3, 0.4) is 0 Å². The van der Waals surface area contributed by atoms with Crippen LogP contribution in [0.1, 0.15) is 18.4 Å². The van der Waals surface area contributed by atoms with Crippen molar-refractivity contribution in [3.63, 3.8) is 0 Å². The highest BCUT2D eigenvalue weighted by Crippen LogP contribution is 2.25. The minimum Gasteiger partial charge on any atom is -0.314 e. The largest absolute Gasteiger partial charge is 0.314 e. The molecule has 0 bridgehead atoms. The fourth-order valence-electron chi connectivity index (χ4n) is 3.13. The second kappa shape index (κ2) is 6.00. The van der Waals surface area contributed by atoms with E-state index < -0.39 is 0 Å². The maximum absolute atomic E-state index is 13.6. The van der Waals surface area contributed by atoms with Gasteiger partial charge in [-0.1, -0.05) is 18.2 Å². The number of likely N-dealkylation sites (tertiary alicyclic amines) is 1. The Bertz CT molecular complexity index is 399. The van der Waals surface area contributed by atoms with Crippen molar-refractivity contribution in [2.24, 2.45) is 5.92 Å². The third-order valence-electron chi connectivity index (χ3n) is 4.09. The van der Waals surface area contributed by atoms with Crippen molar-refractivity contribution >= 4 is 12.4 Å². The van der Waals surface area contributed by atoms with Crippen LogP contribution in [0.5, 0.6) is 0 Å². The lowest BCUT2D eigenvalue weighted by Gasteiger charge is -2.34. The molecule has 4 heteroatoms. The SMILES string of the molecule is Cl.Fc1ccccc1CN1CCC2NCCC2C1. The quantitative estimate of drug-likeness (QED) is 0.888. The molecule has 0 amide bonds. The molecule has 0 aliphatic carbocycles. The van der Waals surface area contributed by atoms with Gasteiger partial charge in [-0.05, 0) is 37.9 Å². The van der Waals surface area contributed by atoms with Crippen molar-refractivity contribution in [2.75, 3.05) is 19.6 Å². The van der Waals surface area contributed by atoms with E-state index in [0.29, 0.717) is 6.04 Å². The molecule has 2 aliphatic rings. The minimum absolute atomic E-state index is 0. The van der Waals surface area contributed by atoms with E-state index in [-0.39, 0.29) is 18.2 Å². The van der Waals surface area contributed by atoms with E-state index in [4.69, 9.17) is 0 Å². The van der Waals surface area contributed by atoms with Crippen molar-refractivity contribution in [3.05, 3.63) is 35.6 Å². The third kappa shape index (κ3) is 2.85. The van der Waals surface area contributed by atoms with Gasteiger partial charge in [0.15, 0.2) is 0 Å². The Morgan fingerprint density at radius 1 is 1.28 bits per heavy atom. The van der Waals surface area contributed by atoms with E-state index in [9.17, 15) is 4.39 Å². The molecule has 2 nitrogen and oxygen atoms in total. The lowest BCUT2D eigenvalue weighted by molar-refractivity contribution is 0.154. The van der Waals surface area contributed by atoms with Crippen molar-refractivity contribution < 1.29 is 4.39 Å². The number of nitrogens with one attached hydrogen (secondary N) is 1. The van der Waals surface area contributed by atoms with E-state index >= 15 is 0 Å². The molecule has 1 N–H and O–H groups in total.